The number of aromatic nitrogens is 4. The van der Waals surface area contributed by atoms with Crippen molar-refractivity contribution in [2.45, 2.75) is 6.42 Å². The number of hydrogen-bond acceptors (Lipinski definition) is 5. The number of fused-ring (bicyclic) bond motifs is 1. The molecule has 0 unspecified atom stereocenters. The Morgan fingerprint density at radius 1 is 1.35 bits per heavy atom. The highest BCUT2D eigenvalue weighted by Gasteiger charge is 2.09. The van der Waals surface area contributed by atoms with Crippen LogP contribution in [0.4, 0.5) is 4.39 Å². The lowest BCUT2D eigenvalue weighted by Gasteiger charge is -2.00. The lowest BCUT2D eigenvalue weighted by Crippen LogP contribution is -1.97. The first kappa shape index (κ1) is 10.2. The smallest absolute Gasteiger partial charge is 0.234 e. The molecule has 0 spiro atoms. The van der Waals surface area contributed by atoms with Crippen molar-refractivity contribution < 1.29 is 9.50 Å². The van der Waals surface area contributed by atoms with Crippen LogP contribution in [0.2, 0.25) is 0 Å². The molecule has 0 saturated heterocycles. The van der Waals surface area contributed by atoms with E-state index in [0.29, 0.717) is 22.8 Å². The minimum atomic E-state index is -0.637. The van der Waals surface area contributed by atoms with E-state index in [2.05, 4.69) is 15.3 Å². The number of phenols is 1. The van der Waals surface area contributed by atoms with E-state index >= 15 is 0 Å². The first-order chi connectivity index (χ1) is 8.24. The molecule has 0 aliphatic carbocycles. The van der Waals surface area contributed by atoms with Crippen molar-refractivity contribution in [3.8, 4) is 5.75 Å². The van der Waals surface area contributed by atoms with Gasteiger partial charge in [0.25, 0.3) is 0 Å². The van der Waals surface area contributed by atoms with E-state index in [1.165, 1.54) is 23.5 Å². The number of halogens is 1. The van der Waals surface area contributed by atoms with Crippen LogP contribution in [0.25, 0.3) is 4.96 Å². The molecule has 1 aromatic carbocycles. The standard InChI is InChI=1S/C10H7FN4OS/c11-7-3-6(1-2-8(7)16)4-9-13-14-10-15(9)12-5-17-10/h1-3,5,16H,4H2. The van der Waals surface area contributed by atoms with Gasteiger partial charge >= 0.3 is 0 Å². The zero-order valence-electron chi connectivity index (χ0n) is 8.54. The molecule has 0 atom stereocenters. The summed E-state index contributed by atoms with van der Waals surface area (Å²) in [6, 6.07) is 4.25. The molecule has 0 bridgehead atoms. The van der Waals surface area contributed by atoms with Gasteiger partial charge in [0.05, 0.1) is 0 Å². The second-order valence-corrected chi connectivity index (χ2v) is 4.32. The molecule has 2 aromatic heterocycles. The minimum absolute atomic E-state index is 0.353. The van der Waals surface area contributed by atoms with Gasteiger partial charge in [-0.3, -0.25) is 0 Å². The molecule has 5 nitrogen and oxygen atoms in total. The maximum absolute atomic E-state index is 13.2. The number of nitrogens with zero attached hydrogens (tertiary/aromatic N) is 4. The summed E-state index contributed by atoms with van der Waals surface area (Å²) in [6.07, 6.45) is 0.419. The summed E-state index contributed by atoms with van der Waals surface area (Å²) in [5.41, 5.74) is 2.38. The van der Waals surface area contributed by atoms with Gasteiger partial charge in [-0.15, -0.1) is 10.2 Å². The van der Waals surface area contributed by atoms with Crippen LogP contribution in [0.15, 0.2) is 23.7 Å². The first-order valence-corrected chi connectivity index (χ1v) is 5.73. The van der Waals surface area contributed by atoms with Crippen LogP contribution in [0, 0.1) is 5.82 Å². The summed E-state index contributed by atoms with van der Waals surface area (Å²) < 4.78 is 14.8. The Labute approximate surface area is 99.2 Å². The highest BCUT2D eigenvalue weighted by molar-refractivity contribution is 7.14. The third-order valence-corrected chi connectivity index (χ3v) is 3.04. The van der Waals surface area contributed by atoms with Gasteiger partial charge in [0.1, 0.15) is 5.51 Å². The van der Waals surface area contributed by atoms with Crippen molar-refractivity contribution in [3.05, 3.63) is 40.9 Å². The highest BCUT2D eigenvalue weighted by atomic mass is 32.1. The molecule has 86 valence electrons. The average Bonchev–Trinajstić information content (AvgIpc) is 2.88. The molecule has 2 heterocycles. The second kappa shape index (κ2) is 3.77. The highest BCUT2D eigenvalue weighted by Crippen LogP contribution is 2.18. The molecule has 0 fully saturated rings. The zero-order valence-corrected chi connectivity index (χ0v) is 9.36. The van der Waals surface area contributed by atoms with E-state index in [-0.39, 0.29) is 5.75 Å². The van der Waals surface area contributed by atoms with Gasteiger partial charge in [0.15, 0.2) is 17.4 Å². The number of aromatic hydroxyl groups is 1. The molecule has 0 radical (unpaired) electrons. The predicted molar refractivity (Wildman–Crippen MR) is 59.5 cm³/mol. The molecule has 7 heteroatoms. The summed E-state index contributed by atoms with van der Waals surface area (Å²) in [7, 11) is 0. The van der Waals surface area contributed by atoms with Gasteiger partial charge in [0, 0.05) is 6.42 Å². The summed E-state index contributed by atoms with van der Waals surface area (Å²) >= 11 is 1.39. The molecule has 3 aromatic rings. The largest absolute Gasteiger partial charge is 0.505 e. The Morgan fingerprint density at radius 3 is 3.06 bits per heavy atom. The molecule has 17 heavy (non-hydrogen) atoms. The Balaban J connectivity index is 1.97. The molecular weight excluding hydrogens is 243 g/mol. The van der Waals surface area contributed by atoms with E-state index in [9.17, 15) is 4.39 Å². The van der Waals surface area contributed by atoms with Crippen molar-refractivity contribution in [3.63, 3.8) is 0 Å². The molecule has 1 N–H and O–H groups in total. The number of phenolic OH excluding ortho intramolecular Hbond substituents is 1. The number of rotatable bonds is 2. The average molecular weight is 250 g/mol. The van der Waals surface area contributed by atoms with Crippen LogP contribution in [0.1, 0.15) is 11.4 Å². The summed E-state index contributed by atoms with van der Waals surface area (Å²) in [5, 5.41) is 21.1. The molecule has 0 aliphatic heterocycles. The third-order valence-electron chi connectivity index (χ3n) is 2.37. The second-order valence-electron chi connectivity index (χ2n) is 3.51. The van der Waals surface area contributed by atoms with E-state index in [1.807, 2.05) is 0 Å². The Hall–Kier alpha value is -2.02. The minimum Gasteiger partial charge on any atom is -0.505 e. The molecule has 0 aliphatic rings. The number of benzene rings is 1. The molecular formula is C10H7FN4OS. The van der Waals surface area contributed by atoms with Crippen LogP contribution in [0.5, 0.6) is 5.75 Å². The van der Waals surface area contributed by atoms with Gasteiger partial charge in [-0.05, 0) is 17.7 Å². The Bertz CT molecular complexity index is 678. The van der Waals surface area contributed by atoms with Crippen LogP contribution in [-0.2, 0) is 6.42 Å². The summed E-state index contributed by atoms with van der Waals surface area (Å²) in [4.78, 5) is 0.708. The van der Waals surface area contributed by atoms with E-state index in [0.717, 1.165) is 0 Å². The first-order valence-electron chi connectivity index (χ1n) is 4.85. The lowest BCUT2D eigenvalue weighted by atomic mass is 10.1. The molecule has 0 amide bonds. The maximum atomic E-state index is 13.2. The van der Waals surface area contributed by atoms with Crippen LogP contribution >= 0.6 is 11.3 Å². The van der Waals surface area contributed by atoms with Crippen molar-refractivity contribution in [2.75, 3.05) is 0 Å². The van der Waals surface area contributed by atoms with Gasteiger partial charge in [-0.2, -0.15) is 9.61 Å². The molecule has 0 saturated carbocycles. The van der Waals surface area contributed by atoms with Crippen molar-refractivity contribution in [1.82, 2.24) is 19.8 Å². The zero-order chi connectivity index (χ0) is 11.8. The maximum Gasteiger partial charge on any atom is 0.234 e. The van der Waals surface area contributed by atoms with Crippen LogP contribution in [-0.4, -0.2) is 24.9 Å². The third kappa shape index (κ3) is 1.74. The topological polar surface area (TPSA) is 63.3 Å². The SMILES string of the molecule is Oc1ccc(Cc2nnc3scnn23)cc1F. The summed E-state index contributed by atoms with van der Waals surface area (Å²) in [6.45, 7) is 0. The molecule has 3 rings (SSSR count). The Kier molecular flexibility index (Phi) is 2.25. The lowest BCUT2D eigenvalue weighted by molar-refractivity contribution is 0.432. The van der Waals surface area contributed by atoms with E-state index < -0.39 is 5.82 Å². The van der Waals surface area contributed by atoms with E-state index in [1.54, 1.807) is 16.1 Å². The fourth-order valence-electron chi connectivity index (χ4n) is 1.56. The van der Waals surface area contributed by atoms with Crippen LogP contribution in [0.3, 0.4) is 0 Å². The van der Waals surface area contributed by atoms with E-state index in [4.69, 9.17) is 5.11 Å². The normalized spacial score (nSPS) is 11.1. The Morgan fingerprint density at radius 2 is 2.24 bits per heavy atom. The fourth-order valence-corrected chi connectivity index (χ4v) is 2.13. The van der Waals surface area contributed by atoms with Gasteiger partial charge in [-0.1, -0.05) is 17.4 Å². The monoisotopic (exact) mass is 250 g/mol. The quantitative estimate of drug-likeness (QED) is 0.750. The van der Waals surface area contributed by atoms with Gasteiger partial charge in [-0.25, -0.2) is 4.39 Å². The van der Waals surface area contributed by atoms with Gasteiger partial charge < -0.3 is 5.11 Å². The van der Waals surface area contributed by atoms with Crippen molar-refractivity contribution in [2.24, 2.45) is 0 Å². The van der Waals surface area contributed by atoms with Crippen molar-refractivity contribution in [1.29, 1.82) is 0 Å². The fraction of sp³-hybridized carbons (Fsp3) is 0.100. The predicted octanol–water partition coefficient (Wildman–Crippen LogP) is 1.62. The van der Waals surface area contributed by atoms with Gasteiger partial charge in [0.2, 0.25) is 4.96 Å². The van der Waals surface area contributed by atoms with Crippen molar-refractivity contribution >= 4 is 16.3 Å². The van der Waals surface area contributed by atoms with Crippen LogP contribution < -0.4 is 0 Å². The number of hydrogen-bond donors (Lipinski definition) is 1. The summed E-state index contributed by atoms with van der Waals surface area (Å²) in [5.74, 6) is -0.346.